The highest BCUT2D eigenvalue weighted by Gasteiger charge is 2.29. The van der Waals surface area contributed by atoms with Crippen LogP contribution in [0.3, 0.4) is 0 Å². The first kappa shape index (κ1) is 17.0. The highest BCUT2D eigenvalue weighted by molar-refractivity contribution is 7.18. The molecule has 0 spiro atoms. The molecule has 1 unspecified atom stereocenters. The van der Waals surface area contributed by atoms with Gasteiger partial charge in [-0.25, -0.2) is 9.97 Å². The Morgan fingerprint density at radius 3 is 3.04 bits per heavy atom. The second-order valence-corrected chi connectivity index (χ2v) is 7.74. The van der Waals surface area contributed by atoms with Crippen molar-refractivity contribution < 1.29 is 4.79 Å². The number of thiophene rings is 1. The van der Waals surface area contributed by atoms with Gasteiger partial charge in [-0.05, 0) is 37.5 Å². The van der Waals surface area contributed by atoms with E-state index in [4.69, 9.17) is 0 Å². The maximum absolute atomic E-state index is 12.8. The molecule has 4 rings (SSSR count). The fourth-order valence-corrected chi connectivity index (χ4v) is 4.51. The molecule has 3 aromatic rings. The Hall–Kier alpha value is -2.47. The molecule has 0 radical (unpaired) electrons. The van der Waals surface area contributed by atoms with E-state index in [1.165, 1.54) is 10.4 Å². The van der Waals surface area contributed by atoms with Gasteiger partial charge in [-0.15, -0.1) is 11.3 Å². The predicted octanol–water partition coefficient (Wildman–Crippen LogP) is 4.03. The lowest BCUT2D eigenvalue weighted by atomic mass is 10.1. The van der Waals surface area contributed by atoms with E-state index in [0.717, 1.165) is 34.6 Å². The normalized spacial score (nSPS) is 16.1. The van der Waals surface area contributed by atoms with E-state index < -0.39 is 0 Å². The highest BCUT2D eigenvalue weighted by Crippen LogP contribution is 2.32. The van der Waals surface area contributed by atoms with Crippen LogP contribution in [-0.2, 0) is 17.6 Å². The molecule has 0 fully saturated rings. The molecule has 0 saturated heterocycles. The molecule has 0 bridgehead atoms. The topological polar surface area (TPSA) is 58.1 Å². The van der Waals surface area contributed by atoms with E-state index in [1.54, 1.807) is 17.7 Å². The van der Waals surface area contributed by atoms with Gasteiger partial charge < -0.3 is 10.2 Å². The summed E-state index contributed by atoms with van der Waals surface area (Å²) < 4.78 is 0. The van der Waals surface area contributed by atoms with Crippen LogP contribution in [0, 0.1) is 0 Å². The van der Waals surface area contributed by atoms with Crippen molar-refractivity contribution in [2.75, 3.05) is 16.8 Å². The molecular weight excluding hydrogens is 344 g/mol. The molecule has 5 nitrogen and oxygen atoms in total. The Bertz CT molecular complexity index is 952. The van der Waals surface area contributed by atoms with E-state index in [2.05, 4.69) is 41.3 Å². The average Bonchev–Trinajstić information content (AvgIpc) is 3.21. The van der Waals surface area contributed by atoms with Gasteiger partial charge in [-0.2, -0.15) is 0 Å². The number of nitrogens with zero attached hydrogens (tertiary/aromatic N) is 3. The smallest absolute Gasteiger partial charge is 0.229 e. The third-order valence-electron chi connectivity index (χ3n) is 4.84. The van der Waals surface area contributed by atoms with Crippen molar-refractivity contribution in [3.63, 3.8) is 0 Å². The molecule has 3 heterocycles. The third kappa shape index (κ3) is 3.05. The minimum atomic E-state index is 0.153. The maximum atomic E-state index is 12.8. The second-order valence-electron chi connectivity index (χ2n) is 6.63. The molecule has 1 aromatic carbocycles. The fraction of sp³-hybridized carbons (Fsp3) is 0.350. The number of para-hydroxylation sites is 1. The minimum absolute atomic E-state index is 0.153. The summed E-state index contributed by atoms with van der Waals surface area (Å²) in [6, 6.07) is 10.5. The van der Waals surface area contributed by atoms with Crippen LogP contribution >= 0.6 is 11.3 Å². The van der Waals surface area contributed by atoms with E-state index in [0.29, 0.717) is 13.0 Å². The van der Waals surface area contributed by atoms with Crippen molar-refractivity contribution in [1.29, 1.82) is 0 Å². The monoisotopic (exact) mass is 366 g/mol. The summed E-state index contributed by atoms with van der Waals surface area (Å²) in [5.41, 5.74) is 2.31. The van der Waals surface area contributed by atoms with Crippen LogP contribution in [0.2, 0.25) is 0 Å². The van der Waals surface area contributed by atoms with Crippen LogP contribution in [0.25, 0.3) is 10.2 Å². The van der Waals surface area contributed by atoms with Gasteiger partial charge in [0.25, 0.3) is 0 Å². The zero-order valence-electron chi connectivity index (χ0n) is 15.0. The number of hydrogen-bond donors (Lipinski definition) is 1. The van der Waals surface area contributed by atoms with Crippen molar-refractivity contribution in [2.24, 2.45) is 0 Å². The summed E-state index contributed by atoms with van der Waals surface area (Å²) in [6.07, 6.45) is 3.94. The molecule has 2 aromatic heterocycles. The van der Waals surface area contributed by atoms with Crippen LogP contribution in [0.1, 0.15) is 30.7 Å². The first-order valence-corrected chi connectivity index (χ1v) is 9.86. The number of aryl methyl sites for hydroxylation is 1. The number of amides is 1. The highest BCUT2D eigenvalue weighted by atomic mass is 32.1. The van der Waals surface area contributed by atoms with Gasteiger partial charge >= 0.3 is 0 Å². The van der Waals surface area contributed by atoms with Gasteiger partial charge in [0, 0.05) is 29.6 Å². The van der Waals surface area contributed by atoms with Crippen molar-refractivity contribution in [3.8, 4) is 0 Å². The third-order valence-corrected chi connectivity index (χ3v) is 6.02. The van der Waals surface area contributed by atoms with Gasteiger partial charge in [0.15, 0.2) is 0 Å². The Morgan fingerprint density at radius 1 is 1.35 bits per heavy atom. The van der Waals surface area contributed by atoms with E-state index >= 15 is 0 Å². The van der Waals surface area contributed by atoms with E-state index in [1.807, 2.05) is 23.1 Å². The molecule has 1 atom stereocenters. The first-order chi connectivity index (χ1) is 12.7. The molecule has 1 aliphatic heterocycles. The molecule has 0 aliphatic carbocycles. The molecular formula is C20H22N4OS. The summed E-state index contributed by atoms with van der Waals surface area (Å²) in [6.45, 7) is 4.81. The number of benzene rings is 1. The molecule has 0 saturated carbocycles. The van der Waals surface area contributed by atoms with Crippen LogP contribution in [0.15, 0.2) is 36.7 Å². The fourth-order valence-electron chi connectivity index (χ4n) is 3.57. The van der Waals surface area contributed by atoms with Gasteiger partial charge in [0.05, 0.1) is 5.39 Å². The molecule has 1 aliphatic rings. The number of aromatic nitrogens is 2. The summed E-state index contributed by atoms with van der Waals surface area (Å²) >= 11 is 1.70. The average molecular weight is 366 g/mol. The Labute approximate surface area is 157 Å². The van der Waals surface area contributed by atoms with Crippen LogP contribution in [0.5, 0.6) is 0 Å². The number of fused-ring (bicyclic) bond motifs is 2. The quantitative estimate of drug-likeness (QED) is 0.740. The van der Waals surface area contributed by atoms with Crippen molar-refractivity contribution in [1.82, 2.24) is 9.97 Å². The van der Waals surface area contributed by atoms with Gasteiger partial charge in [0.1, 0.15) is 17.0 Å². The Morgan fingerprint density at radius 2 is 2.19 bits per heavy atom. The molecule has 134 valence electrons. The summed E-state index contributed by atoms with van der Waals surface area (Å²) in [5.74, 6) is 0.966. The zero-order valence-corrected chi connectivity index (χ0v) is 15.8. The van der Waals surface area contributed by atoms with E-state index in [9.17, 15) is 4.79 Å². The summed E-state index contributed by atoms with van der Waals surface area (Å²) in [7, 11) is 0. The number of carbonyl (C=O) groups is 1. The number of hydrogen-bond acceptors (Lipinski definition) is 5. The van der Waals surface area contributed by atoms with Gasteiger partial charge in [0.2, 0.25) is 5.91 Å². The molecule has 6 heteroatoms. The number of anilines is 2. The lowest BCUT2D eigenvalue weighted by Crippen LogP contribution is -2.36. The molecule has 1 amide bonds. The largest absolute Gasteiger partial charge is 0.369 e. The predicted molar refractivity (Wildman–Crippen MR) is 107 cm³/mol. The van der Waals surface area contributed by atoms with Crippen LogP contribution < -0.4 is 10.2 Å². The number of rotatable bonds is 5. The minimum Gasteiger partial charge on any atom is -0.369 e. The van der Waals surface area contributed by atoms with Gasteiger partial charge in [-0.3, -0.25) is 4.79 Å². The SMILES string of the molecule is CCc1cc2c(NCCC(=O)N3c4ccccc4CC3C)ncnc2s1. The van der Waals surface area contributed by atoms with Crippen molar-refractivity contribution in [3.05, 3.63) is 47.1 Å². The molecule has 26 heavy (non-hydrogen) atoms. The number of carbonyl (C=O) groups excluding carboxylic acids is 1. The standard InChI is InChI=1S/C20H22N4OS/c1-3-15-11-16-19(22-12-23-20(16)26-15)21-9-8-18(25)24-13(2)10-14-6-4-5-7-17(14)24/h4-7,11-13H,3,8-10H2,1-2H3,(H,21,22,23). The zero-order chi connectivity index (χ0) is 18.1. The summed E-state index contributed by atoms with van der Waals surface area (Å²) in [5, 5.41) is 4.37. The van der Waals surface area contributed by atoms with Crippen LogP contribution in [0.4, 0.5) is 11.5 Å². The number of nitrogens with one attached hydrogen (secondary N) is 1. The first-order valence-electron chi connectivity index (χ1n) is 9.04. The van der Waals surface area contributed by atoms with E-state index in [-0.39, 0.29) is 11.9 Å². The van der Waals surface area contributed by atoms with Crippen molar-refractivity contribution in [2.45, 2.75) is 39.2 Å². The Balaban J connectivity index is 1.44. The van der Waals surface area contributed by atoms with Crippen LogP contribution in [-0.4, -0.2) is 28.5 Å². The lowest BCUT2D eigenvalue weighted by molar-refractivity contribution is -0.118. The summed E-state index contributed by atoms with van der Waals surface area (Å²) in [4.78, 5) is 25.7. The van der Waals surface area contributed by atoms with Gasteiger partial charge in [-0.1, -0.05) is 25.1 Å². The Kier molecular flexibility index (Phi) is 4.59. The lowest BCUT2D eigenvalue weighted by Gasteiger charge is -2.23. The maximum Gasteiger partial charge on any atom is 0.229 e. The second kappa shape index (κ2) is 7.03. The van der Waals surface area contributed by atoms with Crippen molar-refractivity contribution >= 4 is 39.0 Å². The molecule has 1 N–H and O–H groups in total.